The Kier molecular flexibility index (Phi) is 7.58. The summed E-state index contributed by atoms with van der Waals surface area (Å²) in [5.41, 5.74) is 2.55. The quantitative estimate of drug-likeness (QED) is 0.231. The van der Waals surface area contributed by atoms with E-state index in [9.17, 15) is 40.3 Å². The van der Waals surface area contributed by atoms with Crippen LogP contribution in [0.15, 0.2) is 30.3 Å². The van der Waals surface area contributed by atoms with Gasteiger partial charge in [-0.05, 0) is 24.1 Å². The zero-order valence-corrected chi connectivity index (χ0v) is 21.0. The number of nitrogens with one attached hydrogen (secondary N) is 1. The van der Waals surface area contributed by atoms with Gasteiger partial charge < -0.3 is 11.1 Å². The van der Waals surface area contributed by atoms with Gasteiger partial charge in [0.05, 0.1) is 10.7 Å². The van der Waals surface area contributed by atoms with Crippen molar-refractivity contribution in [3.63, 3.8) is 0 Å². The lowest BCUT2D eigenvalue weighted by Crippen LogP contribution is -2.23. The number of aromatic nitrogens is 3. The molecular formula is C23H15ClF7N5O2S. The van der Waals surface area contributed by atoms with Crippen molar-refractivity contribution in [3.8, 4) is 11.1 Å². The van der Waals surface area contributed by atoms with Crippen molar-refractivity contribution in [2.45, 2.75) is 32.5 Å². The molecule has 0 aliphatic carbocycles. The minimum Gasteiger partial charge on any atom is -0.365 e. The Morgan fingerprint density at radius 3 is 2.31 bits per heavy atom. The fraction of sp³-hybridized carbons (Fsp3) is 0.217. The molecule has 39 heavy (non-hydrogen) atoms. The third kappa shape index (κ3) is 5.54. The SMILES string of the molecule is Cc1ccc(-c2cc(C(F)(F)F)nc3sc(C(N)=O)c(NC(=O)Cn4nc(C(F)F)c(Cl)c4C(F)F)c23)cc1. The maximum atomic E-state index is 13.6. The second kappa shape index (κ2) is 10.4. The summed E-state index contributed by atoms with van der Waals surface area (Å²) in [5.74, 6) is -2.25. The van der Waals surface area contributed by atoms with E-state index in [1.165, 1.54) is 12.1 Å². The van der Waals surface area contributed by atoms with Crippen LogP contribution in [0.5, 0.6) is 0 Å². The monoisotopic (exact) mass is 593 g/mol. The number of halogens is 8. The number of primary amides is 1. The van der Waals surface area contributed by atoms with E-state index < -0.39 is 59.5 Å². The van der Waals surface area contributed by atoms with Crippen LogP contribution in [0.1, 0.15) is 45.2 Å². The van der Waals surface area contributed by atoms with Gasteiger partial charge in [0.25, 0.3) is 18.8 Å². The van der Waals surface area contributed by atoms with Gasteiger partial charge in [-0.3, -0.25) is 14.3 Å². The summed E-state index contributed by atoms with van der Waals surface area (Å²) in [7, 11) is 0. The lowest BCUT2D eigenvalue weighted by atomic mass is 10.00. The van der Waals surface area contributed by atoms with Crippen LogP contribution in [0.3, 0.4) is 0 Å². The number of hydrogen-bond donors (Lipinski definition) is 2. The molecule has 0 unspecified atom stereocenters. The third-order valence-corrected chi connectivity index (χ3v) is 6.95. The molecule has 4 aromatic rings. The molecule has 0 spiro atoms. The molecule has 4 rings (SSSR count). The first-order valence-electron chi connectivity index (χ1n) is 10.7. The number of carbonyl (C=O) groups is 2. The molecule has 2 amide bonds. The zero-order valence-electron chi connectivity index (χ0n) is 19.4. The number of carbonyl (C=O) groups excluding carboxylic acids is 2. The molecule has 3 N–H and O–H groups in total. The van der Waals surface area contributed by atoms with E-state index in [2.05, 4.69) is 15.4 Å². The van der Waals surface area contributed by atoms with Crippen LogP contribution >= 0.6 is 22.9 Å². The Hall–Kier alpha value is -3.72. The number of fused-ring (bicyclic) bond motifs is 1. The molecule has 206 valence electrons. The van der Waals surface area contributed by atoms with Gasteiger partial charge >= 0.3 is 6.18 Å². The predicted octanol–water partition coefficient (Wildman–Crippen LogP) is 6.75. The number of nitrogens with two attached hydrogens (primary N) is 1. The number of nitrogens with zero attached hydrogens (tertiary/aromatic N) is 3. The van der Waals surface area contributed by atoms with Crippen LogP contribution in [0.4, 0.5) is 36.4 Å². The molecule has 16 heteroatoms. The highest BCUT2D eigenvalue weighted by atomic mass is 35.5. The minimum atomic E-state index is -4.86. The Bertz CT molecular complexity index is 1580. The lowest BCUT2D eigenvalue weighted by Gasteiger charge is -2.13. The van der Waals surface area contributed by atoms with Gasteiger partial charge in [0.2, 0.25) is 5.91 Å². The van der Waals surface area contributed by atoms with E-state index in [1.54, 1.807) is 19.1 Å². The normalized spacial score (nSPS) is 12.1. The molecule has 0 aliphatic heterocycles. The van der Waals surface area contributed by atoms with Crippen molar-refractivity contribution in [2.24, 2.45) is 5.73 Å². The Morgan fingerprint density at radius 2 is 1.77 bits per heavy atom. The number of thiophene rings is 1. The van der Waals surface area contributed by atoms with Gasteiger partial charge in [0.1, 0.15) is 33.3 Å². The highest BCUT2D eigenvalue weighted by Crippen LogP contribution is 2.44. The summed E-state index contributed by atoms with van der Waals surface area (Å²) >= 11 is 6.09. The first-order chi connectivity index (χ1) is 18.2. The van der Waals surface area contributed by atoms with Gasteiger partial charge in [-0.1, -0.05) is 41.4 Å². The number of hydrogen-bond acceptors (Lipinski definition) is 5. The molecule has 0 saturated heterocycles. The fourth-order valence-corrected chi connectivity index (χ4v) is 5.06. The lowest BCUT2D eigenvalue weighted by molar-refractivity contribution is -0.140. The Morgan fingerprint density at radius 1 is 1.13 bits per heavy atom. The number of anilines is 1. The highest BCUT2D eigenvalue weighted by molar-refractivity contribution is 7.21. The molecule has 7 nitrogen and oxygen atoms in total. The van der Waals surface area contributed by atoms with E-state index in [1.807, 2.05) is 0 Å². The summed E-state index contributed by atoms with van der Waals surface area (Å²) in [6.07, 6.45) is -11.5. The molecule has 3 heterocycles. The highest BCUT2D eigenvalue weighted by Gasteiger charge is 2.35. The van der Waals surface area contributed by atoms with Crippen molar-refractivity contribution in [1.29, 1.82) is 0 Å². The smallest absolute Gasteiger partial charge is 0.365 e. The standard InChI is InChI=1S/C23H15ClF7N5O2S/c1-8-2-4-9(5-3-8)10-6-11(23(29,30)31)33-22-13(10)15(18(39-22)21(32)38)34-12(37)7-36-17(20(27)28)14(24)16(35-36)19(25)26/h2-6,19-20H,7H2,1H3,(H2,32,38)(H,34,37). The molecule has 0 atom stereocenters. The predicted molar refractivity (Wildman–Crippen MR) is 129 cm³/mol. The Balaban J connectivity index is 1.86. The van der Waals surface area contributed by atoms with Crippen molar-refractivity contribution in [1.82, 2.24) is 14.8 Å². The van der Waals surface area contributed by atoms with Crippen LogP contribution in [-0.2, 0) is 17.5 Å². The summed E-state index contributed by atoms with van der Waals surface area (Å²) in [6, 6.07) is 7.02. The van der Waals surface area contributed by atoms with Gasteiger partial charge in [-0.15, -0.1) is 11.3 Å². The van der Waals surface area contributed by atoms with E-state index in [0.717, 1.165) is 11.6 Å². The van der Waals surface area contributed by atoms with Gasteiger partial charge in [0, 0.05) is 5.39 Å². The number of aryl methyl sites for hydroxylation is 1. The molecule has 1 aromatic carbocycles. The number of benzene rings is 1. The summed E-state index contributed by atoms with van der Waals surface area (Å²) in [4.78, 5) is 28.0. The summed E-state index contributed by atoms with van der Waals surface area (Å²) < 4.78 is 94.5. The van der Waals surface area contributed by atoms with Crippen LogP contribution in [-0.4, -0.2) is 26.6 Å². The van der Waals surface area contributed by atoms with E-state index in [-0.39, 0.29) is 36.6 Å². The topological polar surface area (TPSA) is 103 Å². The zero-order chi connectivity index (χ0) is 28.8. The number of pyridine rings is 1. The van der Waals surface area contributed by atoms with Crippen LogP contribution < -0.4 is 11.1 Å². The summed E-state index contributed by atoms with van der Waals surface area (Å²) in [6.45, 7) is 0.707. The third-order valence-electron chi connectivity index (χ3n) is 5.47. The van der Waals surface area contributed by atoms with Gasteiger partial charge in [-0.25, -0.2) is 22.5 Å². The molecule has 3 aromatic heterocycles. The second-order valence-corrected chi connectivity index (χ2v) is 9.54. The van der Waals surface area contributed by atoms with Crippen molar-refractivity contribution in [3.05, 3.63) is 62.9 Å². The van der Waals surface area contributed by atoms with Crippen molar-refractivity contribution in [2.75, 3.05) is 5.32 Å². The van der Waals surface area contributed by atoms with Crippen molar-refractivity contribution < 1.29 is 40.3 Å². The maximum Gasteiger partial charge on any atom is 0.433 e. The second-order valence-electron chi connectivity index (χ2n) is 8.16. The largest absolute Gasteiger partial charge is 0.433 e. The van der Waals surface area contributed by atoms with E-state index >= 15 is 0 Å². The molecule has 0 bridgehead atoms. The molecule has 0 radical (unpaired) electrons. The van der Waals surface area contributed by atoms with Crippen LogP contribution in [0, 0.1) is 6.92 Å². The van der Waals surface area contributed by atoms with E-state index in [0.29, 0.717) is 11.3 Å². The van der Waals surface area contributed by atoms with E-state index in [4.69, 9.17) is 17.3 Å². The molecular weight excluding hydrogens is 579 g/mol. The molecule has 0 fully saturated rings. The van der Waals surface area contributed by atoms with Crippen LogP contribution in [0.2, 0.25) is 5.02 Å². The van der Waals surface area contributed by atoms with Gasteiger partial charge in [0.15, 0.2) is 0 Å². The first-order valence-corrected chi connectivity index (χ1v) is 11.9. The molecule has 0 aliphatic rings. The summed E-state index contributed by atoms with van der Waals surface area (Å²) in [5, 5.41) is 4.49. The Labute approximate surface area is 223 Å². The number of rotatable bonds is 7. The van der Waals surface area contributed by atoms with Crippen LogP contribution in [0.25, 0.3) is 21.3 Å². The number of amides is 2. The average molecular weight is 594 g/mol. The minimum absolute atomic E-state index is 0.0539. The molecule has 0 saturated carbocycles. The maximum absolute atomic E-state index is 13.6. The average Bonchev–Trinajstić information content (AvgIpc) is 3.36. The fourth-order valence-electron chi connectivity index (χ4n) is 3.75. The number of alkyl halides is 7. The first kappa shape index (κ1) is 28.3. The van der Waals surface area contributed by atoms with Crippen molar-refractivity contribution >= 4 is 50.7 Å². The van der Waals surface area contributed by atoms with Gasteiger partial charge in [-0.2, -0.15) is 18.3 Å².